The molecule has 4 heteroatoms. The van der Waals surface area contributed by atoms with Gasteiger partial charge in [-0.2, -0.15) is 4.98 Å². The highest BCUT2D eigenvalue weighted by Crippen LogP contribution is 2.31. The summed E-state index contributed by atoms with van der Waals surface area (Å²) in [7, 11) is 0. The lowest BCUT2D eigenvalue weighted by Gasteiger charge is -2.21. The number of aryl methyl sites for hydroxylation is 1. The number of hydrogen-bond donors (Lipinski definition) is 1. The summed E-state index contributed by atoms with van der Waals surface area (Å²) in [6.07, 6.45) is 6.31. The van der Waals surface area contributed by atoms with Gasteiger partial charge in [0.05, 0.1) is 6.04 Å². The Morgan fingerprint density at radius 1 is 1.33 bits per heavy atom. The van der Waals surface area contributed by atoms with Crippen molar-refractivity contribution >= 4 is 0 Å². The molecule has 1 aliphatic carbocycles. The van der Waals surface area contributed by atoms with Gasteiger partial charge >= 0.3 is 0 Å². The first-order valence-electron chi connectivity index (χ1n) is 7.93. The third kappa shape index (κ3) is 3.16. The lowest BCUT2D eigenvalue weighted by atomic mass is 9.83. The molecule has 112 valence electrons. The van der Waals surface area contributed by atoms with Crippen LogP contribution in [0.25, 0.3) is 0 Å². The van der Waals surface area contributed by atoms with Crippen LogP contribution in [0.3, 0.4) is 0 Å². The van der Waals surface area contributed by atoms with Crippen molar-refractivity contribution in [1.82, 2.24) is 10.1 Å². The second-order valence-electron chi connectivity index (χ2n) is 5.95. The van der Waals surface area contributed by atoms with Gasteiger partial charge in [-0.15, -0.1) is 0 Å². The normalized spacial score (nSPS) is 19.2. The SMILES string of the molecule is CCCCC(N)c1nc(C2CCc3ccccc3C2)no1. The van der Waals surface area contributed by atoms with Crippen molar-refractivity contribution < 1.29 is 4.52 Å². The fraction of sp³-hybridized carbons (Fsp3) is 0.529. The van der Waals surface area contributed by atoms with Crippen molar-refractivity contribution in [3.05, 3.63) is 47.1 Å². The van der Waals surface area contributed by atoms with Crippen LogP contribution < -0.4 is 5.73 Å². The molecule has 2 unspecified atom stereocenters. The Hall–Kier alpha value is -1.68. The van der Waals surface area contributed by atoms with Gasteiger partial charge in [0.2, 0.25) is 5.89 Å². The summed E-state index contributed by atoms with van der Waals surface area (Å²) in [5.41, 5.74) is 8.97. The fourth-order valence-electron chi connectivity index (χ4n) is 3.03. The van der Waals surface area contributed by atoms with Crippen LogP contribution in [-0.2, 0) is 12.8 Å². The predicted molar refractivity (Wildman–Crippen MR) is 82.0 cm³/mol. The van der Waals surface area contributed by atoms with E-state index in [0.717, 1.165) is 44.3 Å². The minimum absolute atomic E-state index is 0.123. The molecule has 2 atom stereocenters. The molecule has 1 aliphatic rings. The van der Waals surface area contributed by atoms with Crippen LogP contribution in [0.5, 0.6) is 0 Å². The van der Waals surface area contributed by atoms with Crippen molar-refractivity contribution in [2.75, 3.05) is 0 Å². The van der Waals surface area contributed by atoms with Crippen molar-refractivity contribution in [2.24, 2.45) is 5.73 Å². The third-order valence-electron chi connectivity index (χ3n) is 4.36. The maximum atomic E-state index is 6.10. The molecule has 0 amide bonds. The van der Waals surface area contributed by atoms with Crippen molar-refractivity contribution in [3.8, 4) is 0 Å². The van der Waals surface area contributed by atoms with Gasteiger partial charge in [0.1, 0.15) is 0 Å². The van der Waals surface area contributed by atoms with E-state index >= 15 is 0 Å². The van der Waals surface area contributed by atoms with E-state index in [1.807, 2.05) is 0 Å². The first-order chi connectivity index (χ1) is 10.3. The molecule has 0 fully saturated rings. The lowest BCUT2D eigenvalue weighted by Crippen LogP contribution is -2.14. The first kappa shape index (κ1) is 14.3. The van der Waals surface area contributed by atoms with E-state index in [4.69, 9.17) is 10.3 Å². The van der Waals surface area contributed by atoms with Gasteiger partial charge < -0.3 is 10.3 Å². The van der Waals surface area contributed by atoms with Gasteiger partial charge in [-0.1, -0.05) is 49.2 Å². The Kier molecular flexibility index (Phi) is 4.34. The summed E-state index contributed by atoms with van der Waals surface area (Å²) >= 11 is 0. The number of aromatic nitrogens is 2. The molecule has 0 bridgehead atoms. The molecule has 0 radical (unpaired) electrons. The quantitative estimate of drug-likeness (QED) is 0.912. The number of hydrogen-bond acceptors (Lipinski definition) is 4. The molecular formula is C17H23N3O. The molecule has 0 saturated heterocycles. The Bertz CT molecular complexity index is 593. The molecular weight excluding hydrogens is 262 g/mol. The van der Waals surface area contributed by atoms with Gasteiger partial charge in [-0.25, -0.2) is 0 Å². The van der Waals surface area contributed by atoms with Gasteiger partial charge in [0.15, 0.2) is 5.82 Å². The average Bonchev–Trinajstić information content (AvgIpc) is 3.02. The summed E-state index contributed by atoms with van der Waals surface area (Å²) in [6.45, 7) is 2.16. The highest BCUT2D eigenvalue weighted by Gasteiger charge is 2.25. The number of unbranched alkanes of at least 4 members (excludes halogenated alkanes) is 1. The van der Waals surface area contributed by atoms with Gasteiger partial charge in [0, 0.05) is 5.92 Å². The van der Waals surface area contributed by atoms with Crippen molar-refractivity contribution in [3.63, 3.8) is 0 Å². The number of benzene rings is 1. The predicted octanol–water partition coefficient (Wildman–Crippen LogP) is 3.53. The molecule has 3 rings (SSSR count). The molecule has 1 aromatic heterocycles. The Balaban J connectivity index is 1.70. The zero-order valence-corrected chi connectivity index (χ0v) is 12.6. The lowest BCUT2D eigenvalue weighted by molar-refractivity contribution is 0.339. The zero-order chi connectivity index (χ0) is 14.7. The molecule has 0 aliphatic heterocycles. The van der Waals surface area contributed by atoms with Crippen LogP contribution in [0.15, 0.2) is 28.8 Å². The van der Waals surface area contributed by atoms with E-state index in [1.54, 1.807) is 0 Å². The molecule has 21 heavy (non-hydrogen) atoms. The maximum Gasteiger partial charge on any atom is 0.243 e. The summed E-state index contributed by atoms with van der Waals surface area (Å²) in [6, 6.07) is 8.51. The summed E-state index contributed by atoms with van der Waals surface area (Å²) in [4.78, 5) is 4.56. The zero-order valence-electron chi connectivity index (χ0n) is 12.6. The highest BCUT2D eigenvalue weighted by atomic mass is 16.5. The smallest absolute Gasteiger partial charge is 0.243 e. The fourth-order valence-corrected chi connectivity index (χ4v) is 3.03. The van der Waals surface area contributed by atoms with Crippen LogP contribution >= 0.6 is 0 Å². The van der Waals surface area contributed by atoms with E-state index in [9.17, 15) is 0 Å². The van der Waals surface area contributed by atoms with E-state index < -0.39 is 0 Å². The monoisotopic (exact) mass is 285 g/mol. The first-order valence-corrected chi connectivity index (χ1v) is 7.93. The molecule has 0 spiro atoms. The standard InChI is InChI=1S/C17H23N3O/c1-2-3-8-15(18)17-19-16(20-21-17)14-10-9-12-6-4-5-7-13(12)11-14/h4-7,14-15H,2-3,8-11,18H2,1H3. The molecule has 1 heterocycles. The number of nitrogens with zero attached hydrogens (tertiary/aromatic N) is 2. The van der Waals surface area contributed by atoms with E-state index in [2.05, 4.69) is 41.3 Å². The van der Waals surface area contributed by atoms with Crippen LogP contribution in [0.4, 0.5) is 0 Å². The third-order valence-corrected chi connectivity index (χ3v) is 4.36. The van der Waals surface area contributed by atoms with Gasteiger partial charge in [-0.05, 0) is 36.8 Å². The molecule has 1 aromatic carbocycles. The number of fused-ring (bicyclic) bond motifs is 1. The molecule has 2 aromatic rings. The van der Waals surface area contributed by atoms with Crippen LogP contribution in [-0.4, -0.2) is 10.1 Å². The summed E-state index contributed by atoms with van der Waals surface area (Å²) in [5.74, 6) is 1.78. The topological polar surface area (TPSA) is 64.9 Å². The highest BCUT2D eigenvalue weighted by molar-refractivity contribution is 5.31. The van der Waals surface area contributed by atoms with Gasteiger partial charge in [-0.3, -0.25) is 0 Å². The number of rotatable bonds is 5. The minimum Gasteiger partial charge on any atom is -0.338 e. The van der Waals surface area contributed by atoms with Crippen LogP contribution in [0.1, 0.15) is 67.4 Å². The largest absolute Gasteiger partial charge is 0.338 e. The summed E-state index contributed by atoms with van der Waals surface area (Å²) < 4.78 is 5.38. The van der Waals surface area contributed by atoms with Crippen molar-refractivity contribution in [2.45, 2.75) is 57.4 Å². The average molecular weight is 285 g/mol. The van der Waals surface area contributed by atoms with E-state index in [-0.39, 0.29) is 6.04 Å². The Morgan fingerprint density at radius 3 is 2.95 bits per heavy atom. The molecule has 0 saturated carbocycles. The van der Waals surface area contributed by atoms with E-state index in [0.29, 0.717) is 11.8 Å². The molecule has 4 nitrogen and oxygen atoms in total. The minimum atomic E-state index is -0.123. The second kappa shape index (κ2) is 6.39. The second-order valence-corrected chi connectivity index (χ2v) is 5.95. The Labute approximate surface area is 125 Å². The van der Waals surface area contributed by atoms with Crippen LogP contribution in [0.2, 0.25) is 0 Å². The molecule has 2 N–H and O–H groups in total. The van der Waals surface area contributed by atoms with Gasteiger partial charge in [0.25, 0.3) is 0 Å². The Morgan fingerprint density at radius 2 is 2.14 bits per heavy atom. The maximum absolute atomic E-state index is 6.10. The van der Waals surface area contributed by atoms with Crippen LogP contribution in [0, 0.1) is 0 Å². The summed E-state index contributed by atoms with van der Waals surface area (Å²) in [5, 5.41) is 4.18. The van der Waals surface area contributed by atoms with E-state index in [1.165, 1.54) is 11.1 Å². The van der Waals surface area contributed by atoms with Crippen molar-refractivity contribution in [1.29, 1.82) is 0 Å². The number of nitrogens with two attached hydrogens (primary N) is 1.